The van der Waals surface area contributed by atoms with E-state index in [0.29, 0.717) is 0 Å². The number of hydrogen-bond acceptors (Lipinski definition) is 2. The zero-order chi connectivity index (χ0) is 32.5. The summed E-state index contributed by atoms with van der Waals surface area (Å²) >= 11 is 0. The highest BCUT2D eigenvalue weighted by atomic mass is 19.4. The van der Waals surface area contributed by atoms with E-state index in [2.05, 4.69) is 9.47 Å². The maximum Gasteiger partial charge on any atom is 0.385 e. The first-order valence-electron chi connectivity index (χ1n) is 11.2. The van der Waals surface area contributed by atoms with Gasteiger partial charge in [-0.1, -0.05) is 60.7 Å². The van der Waals surface area contributed by atoms with E-state index in [1.807, 2.05) is 0 Å². The van der Waals surface area contributed by atoms with E-state index in [9.17, 15) is 70.2 Å². The lowest BCUT2D eigenvalue weighted by molar-refractivity contribution is -0.455. The quantitative estimate of drug-likeness (QED) is 0.182. The fourth-order valence-electron chi connectivity index (χ4n) is 3.17. The lowest BCUT2D eigenvalue weighted by Crippen LogP contribution is -2.75. The minimum absolute atomic E-state index is 0.0595. The van der Waals surface area contributed by atoms with Gasteiger partial charge >= 0.3 is 47.4 Å². The van der Waals surface area contributed by atoms with Crippen molar-refractivity contribution in [3.63, 3.8) is 0 Å². The highest BCUT2D eigenvalue weighted by molar-refractivity contribution is 5.17. The molecule has 0 unspecified atom stereocenters. The summed E-state index contributed by atoms with van der Waals surface area (Å²) in [5.41, 5.74) is -0.119. The third-order valence-corrected chi connectivity index (χ3v) is 5.68. The molecule has 0 amide bonds. The van der Waals surface area contributed by atoms with Crippen molar-refractivity contribution in [1.29, 1.82) is 0 Å². The Morgan fingerprint density at radius 2 is 0.595 bits per heavy atom. The SMILES string of the molecule is FC(F)(COCc1ccccc1)C(F)(F)C(F)(F)C(F)(F)C(F)(F)C(F)(F)C(F)(F)C(F)(F)COCc1ccccc1. The molecule has 2 nitrogen and oxygen atoms in total. The standard InChI is InChI=1S/C24H18F16O2/c25-17(26,13-41-11-15-7-3-1-4-8-15)19(29,30)21(33,34)23(37,38)24(39,40)22(35,36)20(31,32)18(27,28)14-42-12-16-9-5-2-6-10-16/h1-10H,11-14H2. The Labute approximate surface area is 226 Å². The van der Waals surface area contributed by atoms with Gasteiger partial charge in [-0.05, 0) is 11.1 Å². The van der Waals surface area contributed by atoms with Crippen LogP contribution in [0, 0.1) is 0 Å². The number of alkyl halides is 16. The second-order valence-electron chi connectivity index (χ2n) is 8.81. The molecule has 0 heterocycles. The molecule has 0 radical (unpaired) electrons. The summed E-state index contributed by atoms with van der Waals surface area (Å²) in [6.07, 6.45) is 0. The molecule has 0 saturated carbocycles. The van der Waals surface area contributed by atoms with Crippen LogP contribution in [0.15, 0.2) is 60.7 Å². The van der Waals surface area contributed by atoms with E-state index < -0.39 is 73.8 Å². The van der Waals surface area contributed by atoms with Gasteiger partial charge in [-0.25, -0.2) is 0 Å². The second-order valence-corrected chi connectivity index (χ2v) is 8.81. The predicted octanol–water partition coefficient (Wildman–Crippen LogP) is 8.50. The monoisotopic (exact) mass is 642 g/mol. The summed E-state index contributed by atoms with van der Waals surface area (Å²) in [6.45, 7) is -7.85. The van der Waals surface area contributed by atoms with E-state index >= 15 is 0 Å². The third kappa shape index (κ3) is 6.01. The smallest absolute Gasteiger partial charge is 0.370 e. The molecule has 0 N–H and O–H groups in total. The van der Waals surface area contributed by atoms with Gasteiger partial charge in [0.15, 0.2) is 0 Å². The lowest BCUT2D eigenvalue weighted by Gasteiger charge is -2.43. The zero-order valence-corrected chi connectivity index (χ0v) is 20.5. The highest BCUT2D eigenvalue weighted by Crippen LogP contribution is 2.63. The van der Waals surface area contributed by atoms with Crippen LogP contribution in [0.5, 0.6) is 0 Å². The molecule has 0 atom stereocenters. The summed E-state index contributed by atoms with van der Waals surface area (Å²) < 4.78 is 232. The number of rotatable bonds is 15. The van der Waals surface area contributed by atoms with Gasteiger partial charge < -0.3 is 9.47 Å². The molecular weight excluding hydrogens is 624 g/mol. The Bertz CT molecular complexity index is 1060. The maximum atomic E-state index is 14.0. The van der Waals surface area contributed by atoms with Crippen LogP contribution < -0.4 is 0 Å². The first-order chi connectivity index (χ1) is 18.9. The van der Waals surface area contributed by atoms with Crippen LogP contribution in [0.4, 0.5) is 70.2 Å². The van der Waals surface area contributed by atoms with Gasteiger partial charge in [0.25, 0.3) is 0 Å². The van der Waals surface area contributed by atoms with E-state index in [-0.39, 0.29) is 11.1 Å². The average Bonchev–Trinajstić information content (AvgIpc) is 2.89. The molecule has 2 aromatic carbocycles. The molecule has 18 heteroatoms. The highest BCUT2D eigenvalue weighted by Gasteiger charge is 2.94. The van der Waals surface area contributed by atoms with Crippen LogP contribution in [0.25, 0.3) is 0 Å². The number of ether oxygens (including phenoxy) is 2. The molecule has 0 saturated heterocycles. The molecule has 238 valence electrons. The molecule has 0 aliphatic heterocycles. The van der Waals surface area contributed by atoms with E-state index in [1.54, 1.807) is 0 Å². The Morgan fingerprint density at radius 1 is 0.357 bits per heavy atom. The molecule has 0 aliphatic carbocycles. The first kappa shape index (κ1) is 35.4. The summed E-state index contributed by atoms with van der Waals surface area (Å²) in [4.78, 5) is 0. The Kier molecular flexibility index (Phi) is 9.90. The van der Waals surface area contributed by atoms with Gasteiger partial charge in [0.2, 0.25) is 0 Å². The second kappa shape index (κ2) is 11.7. The number of halogens is 16. The summed E-state index contributed by atoms with van der Waals surface area (Å²) in [7, 11) is 0. The normalized spacial score (nSPS) is 14.8. The molecule has 0 fully saturated rings. The van der Waals surface area contributed by atoms with Gasteiger partial charge in [-0.3, -0.25) is 0 Å². The molecule has 0 aliphatic rings. The Morgan fingerprint density at radius 3 is 0.857 bits per heavy atom. The zero-order valence-electron chi connectivity index (χ0n) is 20.5. The molecule has 0 bridgehead atoms. The van der Waals surface area contributed by atoms with Crippen molar-refractivity contribution < 1.29 is 79.7 Å². The maximum absolute atomic E-state index is 14.0. The van der Waals surface area contributed by atoms with Crippen molar-refractivity contribution in [2.45, 2.75) is 60.6 Å². The van der Waals surface area contributed by atoms with E-state index in [4.69, 9.17) is 0 Å². The number of hydrogen-bond donors (Lipinski definition) is 0. The van der Waals surface area contributed by atoms with Crippen LogP contribution in [-0.4, -0.2) is 60.6 Å². The molecule has 2 rings (SSSR count). The van der Waals surface area contributed by atoms with Gasteiger partial charge in [-0.2, -0.15) is 70.2 Å². The lowest BCUT2D eigenvalue weighted by atomic mass is 9.88. The van der Waals surface area contributed by atoms with Crippen molar-refractivity contribution in [2.24, 2.45) is 0 Å². The van der Waals surface area contributed by atoms with Gasteiger partial charge in [0.1, 0.15) is 13.2 Å². The van der Waals surface area contributed by atoms with Gasteiger partial charge in [0.05, 0.1) is 13.2 Å². The molecule has 42 heavy (non-hydrogen) atoms. The van der Waals surface area contributed by atoms with E-state index in [1.165, 1.54) is 36.4 Å². The predicted molar refractivity (Wildman–Crippen MR) is 112 cm³/mol. The van der Waals surface area contributed by atoms with Crippen molar-refractivity contribution in [1.82, 2.24) is 0 Å². The van der Waals surface area contributed by atoms with Crippen molar-refractivity contribution in [3.05, 3.63) is 71.8 Å². The van der Waals surface area contributed by atoms with Crippen molar-refractivity contribution in [2.75, 3.05) is 13.2 Å². The molecule has 2 aromatic rings. The fraction of sp³-hybridized carbons (Fsp3) is 0.500. The summed E-state index contributed by atoms with van der Waals surface area (Å²) in [5, 5.41) is 0. The number of benzene rings is 2. The largest absolute Gasteiger partial charge is 0.385 e. The molecule has 0 spiro atoms. The summed E-state index contributed by atoms with van der Waals surface area (Å²) in [5.74, 6) is -61.9. The van der Waals surface area contributed by atoms with Crippen molar-refractivity contribution in [3.8, 4) is 0 Å². The molecular formula is C24H18F16O2. The van der Waals surface area contributed by atoms with Crippen LogP contribution in [0.2, 0.25) is 0 Å². The third-order valence-electron chi connectivity index (χ3n) is 5.68. The van der Waals surface area contributed by atoms with E-state index in [0.717, 1.165) is 24.3 Å². The van der Waals surface area contributed by atoms with Gasteiger partial charge in [-0.15, -0.1) is 0 Å². The van der Waals surface area contributed by atoms with Crippen LogP contribution >= 0.6 is 0 Å². The average molecular weight is 642 g/mol. The minimum Gasteiger partial charge on any atom is -0.370 e. The summed E-state index contributed by atoms with van der Waals surface area (Å²) in [6, 6.07) is 12.3. The fourth-order valence-corrected chi connectivity index (χ4v) is 3.17. The van der Waals surface area contributed by atoms with Gasteiger partial charge in [0, 0.05) is 0 Å². The van der Waals surface area contributed by atoms with Crippen LogP contribution in [-0.2, 0) is 22.7 Å². The Balaban J connectivity index is 2.32. The van der Waals surface area contributed by atoms with Crippen molar-refractivity contribution >= 4 is 0 Å². The van der Waals surface area contributed by atoms with Crippen LogP contribution in [0.1, 0.15) is 11.1 Å². The van der Waals surface area contributed by atoms with Crippen LogP contribution in [0.3, 0.4) is 0 Å². The Hall–Kier alpha value is -2.76. The molecule has 0 aromatic heterocycles. The topological polar surface area (TPSA) is 18.5 Å². The first-order valence-corrected chi connectivity index (χ1v) is 11.2. The minimum atomic E-state index is -8.49.